The normalized spacial score (nSPS) is 13.0. The van der Waals surface area contributed by atoms with Crippen molar-refractivity contribution in [2.45, 2.75) is 58.9 Å². The summed E-state index contributed by atoms with van der Waals surface area (Å²) in [5.74, 6) is -1.89. The summed E-state index contributed by atoms with van der Waals surface area (Å²) < 4.78 is 15.4. The molecule has 0 aliphatic heterocycles. The maximum Gasteiger partial charge on any atom is 0.305 e. The van der Waals surface area contributed by atoms with Crippen molar-refractivity contribution in [2.75, 3.05) is 0 Å². The molecule has 2 aromatic heterocycles. The van der Waals surface area contributed by atoms with Crippen LogP contribution < -0.4 is 5.32 Å². The summed E-state index contributed by atoms with van der Waals surface area (Å²) in [5, 5.41) is 31.9. The van der Waals surface area contributed by atoms with Gasteiger partial charge in [-0.1, -0.05) is 18.2 Å². The summed E-state index contributed by atoms with van der Waals surface area (Å²) in [4.78, 5) is 32.6. The van der Waals surface area contributed by atoms with E-state index >= 15 is 0 Å². The minimum absolute atomic E-state index is 0.161. The van der Waals surface area contributed by atoms with Gasteiger partial charge in [-0.15, -0.1) is 0 Å². The second-order valence-electron chi connectivity index (χ2n) is 8.73. The number of hydrogen-bond acceptors (Lipinski definition) is 6. The Kier molecular flexibility index (Phi) is 9.26. The summed E-state index contributed by atoms with van der Waals surface area (Å²) in [6, 6.07) is 5.90. The summed E-state index contributed by atoms with van der Waals surface area (Å²) >= 11 is 0. The number of carboxylic acids is 1. The number of aromatic nitrogens is 3. The van der Waals surface area contributed by atoms with Crippen LogP contribution in [0.5, 0.6) is 0 Å². The number of carbonyl (C=O) groups is 2. The van der Waals surface area contributed by atoms with Gasteiger partial charge in [0.25, 0.3) is 5.91 Å². The van der Waals surface area contributed by atoms with E-state index < -0.39 is 30.4 Å². The van der Waals surface area contributed by atoms with Crippen molar-refractivity contribution >= 4 is 18.0 Å². The molecule has 4 N–H and O–H groups in total. The number of aliphatic hydroxyl groups excluding tert-OH is 2. The van der Waals surface area contributed by atoms with Gasteiger partial charge in [-0.3, -0.25) is 19.6 Å². The molecule has 9 nitrogen and oxygen atoms in total. The van der Waals surface area contributed by atoms with Crippen LogP contribution >= 0.6 is 0 Å². The van der Waals surface area contributed by atoms with Crippen LogP contribution in [0.25, 0.3) is 17.2 Å². The van der Waals surface area contributed by atoms with Gasteiger partial charge >= 0.3 is 5.97 Å². The van der Waals surface area contributed by atoms with E-state index in [0.29, 0.717) is 40.3 Å². The Balaban J connectivity index is 1.98. The Morgan fingerprint density at radius 1 is 1.14 bits per heavy atom. The fourth-order valence-corrected chi connectivity index (χ4v) is 4.15. The van der Waals surface area contributed by atoms with Gasteiger partial charge in [0.05, 0.1) is 42.8 Å². The molecular formula is C27H31FN4O5. The smallest absolute Gasteiger partial charge is 0.305 e. The first kappa shape index (κ1) is 27.7. The van der Waals surface area contributed by atoms with E-state index in [1.807, 2.05) is 13.8 Å². The van der Waals surface area contributed by atoms with E-state index in [-0.39, 0.29) is 18.9 Å². The molecule has 1 aromatic carbocycles. The lowest BCUT2D eigenvalue weighted by molar-refractivity contribution is -0.139. The van der Waals surface area contributed by atoms with Crippen molar-refractivity contribution in [3.8, 4) is 11.1 Å². The van der Waals surface area contributed by atoms with Gasteiger partial charge in [0.1, 0.15) is 11.5 Å². The molecule has 0 spiro atoms. The minimum atomic E-state index is -1.21. The number of hydrogen-bond donors (Lipinski definition) is 4. The molecule has 0 saturated carbocycles. The monoisotopic (exact) mass is 510 g/mol. The van der Waals surface area contributed by atoms with Crippen LogP contribution in [-0.4, -0.2) is 53.9 Å². The van der Waals surface area contributed by atoms with E-state index in [0.717, 1.165) is 5.69 Å². The number of aliphatic hydroxyl groups is 2. The number of aryl methyl sites for hydroxylation is 1. The number of benzene rings is 1. The van der Waals surface area contributed by atoms with Gasteiger partial charge in [-0.25, -0.2) is 4.39 Å². The molecule has 0 aliphatic carbocycles. The third kappa shape index (κ3) is 7.08. The third-order valence-corrected chi connectivity index (χ3v) is 5.88. The number of aliphatic carboxylic acids is 1. The fraction of sp³-hybridized carbons (Fsp3) is 0.333. The molecule has 0 aliphatic rings. The Bertz CT molecular complexity index is 1270. The van der Waals surface area contributed by atoms with Crippen molar-refractivity contribution in [3.05, 3.63) is 76.9 Å². The maximum atomic E-state index is 13.6. The van der Waals surface area contributed by atoms with Crippen molar-refractivity contribution < 1.29 is 29.3 Å². The zero-order valence-corrected chi connectivity index (χ0v) is 21.0. The van der Waals surface area contributed by atoms with Gasteiger partial charge in [-0.05, 0) is 50.1 Å². The fourth-order valence-electron chi connectivity index (χ4n) is 4.15. The number of nitrogens with zero attached hydrogens (tertiary/aromatic N) is 3. The lowest BCUT2D eigenvalue weighted by atomic mass is 10.00. The van der Waals surface area contributed by atoms with Crippen LogP contribution in [0.3, 0.4) is 0 Å². The predicted octanol–water partition coefficient (Wildman–Crippen LogP) is 3.25. The molecule has 0 fully saturated rings. The van der Waals surface area contributed by atoms with Crippen LogP contribution in [-0.2, 0) is 17.9 Å². The van der Waals surface area contributed by atoms with Gasteiger partial charge in [0, 0.05) is 30.4 Å². The minimum Gasteiger partial charge on any atom is -0.481 e. The van der Waals surface area contributed by atoms with Crippen LogP contribution in [0.2, 0.25) is 0 Å². The van der Waals surface area contributed by atoms with Crippen molar-refractivity contribution in [3.63, 3.8) is 0 Å². The largest absolute Gasteiger partial charge is 0.481 e. The molecular weight excluding hydrogens is 479 g/mol. The van der Waals surface area contributed by atoms with E-state index in [2.05, 4.69) is 15.3 Å². The Hall–Kier alpha value is -3.89. The van der Waals surface area contributed by atoms with Gasteiger partial charge < -0.3 is 25.2 Å². The maximum absolute atomic E-state index is 13.6. The lowest BCUT2D eigenvalue weighted by Crippen LogP contribution is -2.27. The summed E-state index contributed by atoms with van der Waals surface area (Å²) in [5.41, 5.74) is 4.43. The highest BCUT2D eigenvalue weighted by Gasteiger charge is 2.24. The first-order valence-electron chi connectivity index (χ1n) is 11.9. The van der Waals surface area contributed by atoms with E-state index in [1.165, 1.54) is 18.2 Å². The number of halogens is 1. The van der Waals surface area contributed by atoms with Crippen LogP contribution in [0, 0.1) is 19.7 Å². The Morgan fingerprint density at radius 2 is 1.84 bits per heavy atom. The van der Waals surface area contributed by atoms with Crippen molar-refractivity contribution in [1.82, 2.24) is 19.9 Å². The van der Waals surface area contributed by atoms with Gasteiger partial charge in [-0.2, -0.15) is 0 Å². The highest BCUT2D eigenvalue weighted by atomic mass is 19.1. The zero-order valence-electron chi connectivity index (χ0n) is 21.0. The molecule has 2 atom stereocenters. The molecule has 196 valence electrons. The molecule has 3 rings (SSSR count). The molecule has 0 saturated heterocycles. The third-order valence-electron chi connectivity index (χ3n) is 5.88. The number of rotatable bonds is 11. The molecule has 10 heteroatoms. The molecule has 0 bridgehead atoms. The first-order chi connectivity index (χ1) is 17.6. The number of carbonyl (C=O) groups excluding carboxylic acids is 1. The van der Waals surface area contributed by atoms with Crippen molar-refractivity contribution in [2.24, 2.45) is 0 Å². The second kappa shape index (κ2) is 12.4. The summed E-state index contributed by atoms with van der Waals surface area (Å²) in [7, 11) is 0. The van der Waals surface area contributed by atoms with E-state index in [4.69, 9.17) is 5.11 Å². The first-order valence-corrected chi connectivity index (χ1v) is 11.9. The average Bonchev–Trinajstić information content (AvgIpc) is 3.13. The zero-order chi connectivity index (χ0) is 27.1. The standard InChI is InChI=1S/C27H31FN4O5/c1-4-32-23(10-9-21(33)11-22(34)12-24(35)36)25(18-5-7-19(28)8-6-18)17(3)26(32)27(37)31-15-20-14-29-16(2)13-30-20/h5-10,13-14,21-22,33-34H,4,11-12,15H2,1-3H3,(H,31,37)(H,35,36)/t21-,22-/m1/s1. The molecule has 0 radical (unpaired) electrons. The molecule has 0 unspecified atom stereocenters. The van der Waals surface area contributed by atoms with E-state index in [9.17, 15) is 24.2 Å². The average molecular weight is 511 g/mol. The van der Waals surface area contributed by atoms with Crippen LogP contribution in [0.1, 0.15) is 52.9 Å². The Labute approximate surface area is 214 Å². The van der Waals surface area contributed by atoms with Gasteiger partial charge in [0.2, 0.25) is 0 Å². The van der Waals surface area contributed by atoms with E-state index in [1.54, 1.807) is 42.1 Å². The molecule has 2 heterocycles. The summed E-state index contributed by atoms with van der Waals surface area (Å²) in [6.07, 6.45) is 3.33. The topological polar surface area (TPSA) is 138 Å². The lowest BCUT2D eigenvalue weighted by Gasteiger charge is -2.12. The summed E-state index contributed by atoms with van der Waals surface area (Å²) in [6.45, 7) is 6.10. The van der Waals surface area contributed by atoms with Crippen molar-refractivity contribution in [1.29, 1.82) is 0 Å². The van der Waals surface area contributed by atoms with Crippen LogP contribution in [0.4, 0.5) is 4.39 Å². The SMILES string of the molecule is CCn1c(C=C[C@@H](O)C[C@@H](O)CC(=O)O)c(-c2ccc(F)cc2)c(C)c1C(=O)NCc1cnc(C)cn1. The van der Waals surface area contributed by atoms with Gasteiger partial charge in [0.15, 0.2) is 0 Å². The highest BCUT2D eigenvalue weighted by molar-refractivity contribution is 5.98. The Morgan fingerprint density at radius 3 is 2.43 bits per heavy atom. The molecule has 3 aromatic rings. The number of nitrogens with one attached hydrogen (secondary N) is 1. The second-order valence-corrected chi connectivity index (χ2v) is 8.73. The molecule has 1 amide bonds. The molecule has 37 heavy (non-hydrogen) atoms. The highest BCUT2D eigenvalue weighted by Crippen LogP contribution is 2.34. The van der Waals surface area contributed by atoms with Crippen LogP contribution in [0.15, 0.2) is 42.7 Å². The number of amides is 1. The predicted molar refractivity (Wildman–Crippen MR) is 136 cm³/mol. The number of carboxylic acid groups (broad SMARTS) is 1. The quantitative estimate of drug-likeness (QED) is 0.311.